The highest BCUT2D eigenvalue weighted by atomic mass is 32.2. The van der Waals surface area contributed by atoms with Crippen LogP contribution >= 0.6 is 0 Å². The second kappa shape index (κ2) is 13.7. The van der Waals surface area contributed by atoms with Crippen molar-refractivity contribution in [3.63, 3.8) is 0 Å². The van der Waals surface area contributed by atoms with E-state index in [0.29, 0.717) is 17.2 Å². The molecular weight excluding hydrogens is 561 g/mol. The van der Waals surface area contributed by atoms with Gasteiger partial charge in [-0.25, -0.2) is 27.8 Å². The van der Waals surface area contributed by atoms with Crippen LogP contribution in [0.2, 0.25) is 0 Å². The summed E-state index contributed by atoms with van der Waals surface area (Å²) in [4.78, 5) is 23.4. The summed E-state index contributed by atoms with van der Waals surface area (Å²) in [5.41, 5.74) is 4.65. The van der Waals surface area contributed by atoms with Crippen molar-refractivity contribution in [3.8, 4) is 11.3 Å². The van der Waals surface area contributed by atoms with Gasteiger partial charge >= 0.3 is 0 Å². The molecule has 2 heterocycles. The number of aryl methyl sites for hydroxylation is 1. The molecule has 0 atom stereocenters. The van der Waals surface area contributed by atoms with Gasteiger partial charge < -0.3 is 19.9 Å². The first-order valence-electron chi connectivity index (χ1n) is 12.8. The predicted molar refractivity (Wildman–Crippen MR) is 160 cm³/mol. The zero-order valence-electron chi connectivity index (χ0n) is 23.0. The molecule has 5 aromatic rings. The van der Waals surface area contributed by atoms with E-state index in [-0.39, 0.29) is 6.47 Å². The first-order chi connectivity index (χ1) is 20.2. The van der Waals surface area contributed by atoms with Crippen molar-refractivity contribution in [3.05, 3.63) is 91.3 Å². The summed E-state index contributed by atoms with van der Waals surface area (Å²) in [5.74, 6) is -0.232. The highest BCUT2D eigenvalue weighted by Crippen LogP contribution is 2.26. The molecule has 13 heteroatoms. The van der Waals surface area contributed by atoms with Crippen molar-refractivity contribution in [2.45, 2.75) is 17.9 Å². The van der Waals surface area contributed by atoms with Crippen molar-refractivity contribution in [1.29, 1.82) is 0 Å². The Morgan fingerprint density at radius 3 is 2.40 bits per heavy atom. The second-order valence-electron chi connectivity index (χ2n) is 9.43. The maximum absolute atomic E-state index is 13.9. The normalized spacial score (nSPS) is 11.1. The van der Waals surface area contributed by atoms with Gasteiger partial charge in [0.15, 0.2) is 0 Å². The third-order valence-electron chi connectivity index (χ3n) is 6.12. The number of rotatable bonds is 10. The number of fused-ring (bicyclic) bond motifs is 1. The fourth-order valence-electron chi connectivity index (χ4n) is 4.18. The Balaban J connectivity index is 0.00000129. The van der Waals surface area contributed by atoms with E-state index in [1.54, 1.807) is 24.3 Å². The average Bonchev–Trinajstić information content (AvgIpc) is 3.37. The zero-order chi connectivity index (χ0) is 30.1. The Hall–Kier alpha value is -4.88. The lowest BCUT2D eigenvalue weighted by molar-refractivity contribution is -0.122. The molecule has 0 aliphatic rings. The first kappa shape index (κ1) is 30.1. The van der Waals surface area contributed by atoms with Gasteiger partial charge in [0.05, 0.1) is 23.1 Å². The Bertz CT molecular complexity index is 1760. The third-order valence-corrected chi connectivity index (χ3v) is 7.54. The number of nitrogens with one attached hydrogen (secondary N) is 2. The Morgan fingerprint density at radius 2 is 1.69 bits per heavy atom. The summed E-state index contributed by atoms with van der Waals surface area (Å²) in [6.07, 6.45) is 4.40. The lowest BCUT2D eigenvalue weighted by Crippen LogP contribution is -2.14. The number of sulfonamides is 1. The quantitative estimate of drug-likeness (QED) is 0.195. The van der Waals surface area contributed by atoms with Crippen LogP contribution < -0.4 is 10.0 Å². The molecule has 3 N–H and O–H groups in total. The number of nitrogens with zero attached hydrogens (tertiary/aromatic N) is 5. The number of aromatic nitrogens is 4. The number of imidazole rings is 1. The Kier molecular flexibility index (Phi) is 9.78. The number of hydrogen-bond donors (Lipinski definition) is 3. The highest BCUT2D eigenvalue weighted by Gasteiger charge is 2.18. The van der Waals surface area contributed by atoms with Crippen LogP contribution in [0.3, 0.4) is 0 Å². The molecule has 0 saturated carbocycles. The molecule has 0 aliphatic heterocycles. The zero-order valence-corrected chi connectivity index (χ0v) is 23.8. The largest absolute Gasteiger partial charge is 0.483 e. The molecule has 0 radical (unpaired) electrons. The van der Waals surface area contributed by atoms with Crippen LogP contribution in [0.4, 0.5) is 21.6 Å². The maximum Gasteiger partial charge on any atom is 0.290 e. The lowest BCUT2D eigenvalue weighted by atomic mass is 10.1. The number of anilines is 3. The predicted octanol–water partition coefficient (Wildman–Crippen LogP) is 4.83. The molecule has 0 fully saturated rings. The van der Waals surface area contributed by atoms with Crippen LogP contribution in [0, 0.1) is 5.82 Å². The molecule has 0 aliphatic carbocycles. The summed E-state index contributed by atoms with van der Waals surface area (Å²) in [5, 5.41) is 10.1. The minimum Gasteiger partial charge on any atom is -0.483 e. The SMILES string of the molecule is CN(C)CCCn1cnc2cc(-c3cc(Nc4ccc(NS(=O)(=O)c5ccccc5F)cc4)ncn3)ccc21.O=CO. The molecule has 0 unspecified atom stereocenters. The molecule has 42 heavy (non-hydrogen) atoms. The molecule has 0 spiro atoms. The summed E-state index contributed by atoms with van der Waals surface area (Å²) >= 11 is 0. The molecular formula is C29H30FN7O4S. The lowest BCUT2D eigenvalue weighted by Gasteiger charge is -2.11. The molecule has 5 rings (SSSR count). The smallest absolute Gasteiger partial charge is 0.290 e. The van der Waals surface area contributed by atoms with E-state index in [0.717, 1.165) is 47.9 Å². The minimum absolute atomic E-state index is 0.250. The molecule has 218 valence electrons. The van der Waals surface area contributed by atoms with Gasteiger partial charge in [0.2, 0.25) is 0 Å². The Labute approximate surface area is 242 Å². The van der Waals surface area contributed by atoms with E-state index in [1.807, 2.05) is 24.5 Å². The first-order valence-corrected chi connectivity index (χ1v) is 14.3. The van der Waals surface area contributed by atoms with Gasteiger partial charge in [-0.2, -0.15) is 0 Å². The van der Waals surface area contributed by atoms with Gasteiger partial charge in [-0.05, 0) is 75.6 Å². The van der Waals surface area contributed by atoms with Crippen LogP contribution in [-0.2, 0) is 21.4 Å². The van der Waals surface area contributed by atoms with Gasteiger partial charge in [0, 0.05) is 29.5 Å². The van der Waals surface area contributed by atoms with E-state index < -0.39 is 20.7 Å². The molecule has 0 amide bonds. The molecule has 2 aromatic heterocycles. The van der Waals surface area contributed by atoms with E-state index in [9.17, 15) is 12.8 Å². The van der Waals surface area contributed by atoms with Crippen molar-refractivity contribution in [2.75, 3.05) is 30.7 Å². The Morgan fingerprint density at radius 1 is 0.976 bits per heavy atom. The minimum atomic E-state index is -4.05. The summed E-state index contributed by atoms with van der Waals surface area (Å²) in [7, 11) is 0.0867. The number of halogens is 1. The number of benzene rings is 3. The third kappa shape index (κ3) is 7.65. The van der Waals surface area contributed by atoms with Crippen LogP contribution in [0.5, 0.6) is 0 Å². The van der Waals surface area contributed by atoms with Crippen LogP contribution in [0.15, 0.2) is 90.3 Å². The van der Waals surface area contributed by atoms with Crippen LogP contribution in [0.25, 0.3) is 22.3 Å². The average molecular weight is 592 g/mol. The topological polar surface area (TPSA) is 142 Å². The molecule has 11 nitrogen and oxygen atoms in total. The van der Waals surface area contributed by atoms with Gasteiger partial charge in [0.1, 0.15) is 22.9 Å². The maximum atomic E-state index is 13.9. The van der Waals surface area contributed by atoms with Crippen molar-refractivity contribution in [1.82, 2.24) is 24.4 Å². The molecule has 0 saturated heterocycles. The van der Waals surface area contributed by atoms with Gasteiger partial charge in [-0.15, -0.1) is 0 Å². The summed E-state index contributed by atoms with van der Waals surface area (Å²) in [6, 6.07) is 19.8. The molecule has 3 aromatic carbocycles. The summed E-state index contributed by atoms with van der Waals surface area (Å²) < 4.78 is 43.6. The monoisotopic (exact) mass is 591 g/mol. The number of carbonyl (C=O) groups is 1. The highest BCUT2D eigenvalue weighted by molar-refractivity contribution is 7.92. The number of carboxylic acid groups (broad SMARTS) is 1. The molecule has 0 bridgehead atoms. The van der Waals surface area contributed by atoms with Crippen molar-refractivity contribution < 1.29 is 22.7 Å². The van der Waals surface area contributed by atoms with Gasteiger partial charge in [0.25, 0.3) is 16.5 Å². The fourth-order valence-corrected chi connectivity index (χ4v) is 5.32. The van der Waals surface area contributed by atoms with E-state index in [4.69, 9.17) is 9.90 Å². The van der Waals surface area contributed by atoms with E-state index in [2.05, 4.69) is 54.6 Å². The number of hydrogen-bond acceptors (Lipinski definition) is 8. The van der Waals surface area contributed by atoms with E-state index in [1.165, 1.54) is 24.5 Å². The van der Waals surface area contributed by atoms with Crippen LogP contribution in [0.1, 0.15) is 6.42 Å². The second-order valence-corrected chi connectivity index (χ2v) is 11.1. The summed E-state index contributed by atoms with van der Waals surface area (Å²) in [6.45, 7) is 1.67. The van der Waals surface area contributed by atoms with Crippen molar-refractivity contribution in [2.24, 2.45) is 0 Å². The fraction of sp³-hybridized carbons (Fsp3) is 0.172. The van der Waals surface area contributed by atoms with Gasteiger partial charge in [-0.3, -0.25) is 9.52 Å². The van der Waals surface area contributed by atoms with Crippen molar-refractivity contribution >= 4 is 44.7 Å². The standard InChI is InChI=1S/C28H28FN7O2S.CH2O2/c1-35(2)14-5-15-36-19-32-25-16-20(8-13-26(25)36)24-17-28(31-18-30-24)33-21-9-11-22(12-10-21)34-39(37,38)27-7-4-3-6-23(27)29;2-1-3/h3-4,6-13,16-19,34H,5,14-15H2,1-2H3,(H,30,31,33);1H,(H,2,3). The van der Waals surface area contributed by atoms with Crippen LogP contribution in [-0.4, -0.2) is 65.1 Å². The van der Waals surface area contributed by atoms with Gasteiger partial charge in [-0.1, -0.05) is 18.2 Å². The van der Waals surface area contributed by atoms with E-state index >= 15 is 0 Å².